The average molecular weight is 431 g/mol. The van der Waals surface area contributed by atoms with E-state index in [9.17, 15) is 13.2 Å². The monoisotopic (exact) mass is 430 g/mol. The topological polar surface area (TPSA) is 76.2 Å². The number of aryl methyl sites for hydroxylation is 2. The van der Waals surface area contributed by atoms with E-state index < -0.39 is 10.0 Å². The molecule has 160 valence electrons. The Hall–Kier alpha value is -2.58. The van der Waals surface area contributed by atoms with E-state index in [4.69, 9.17) is 9.47 Å². The van der Waals surface area contributed by atoms with Gasteiger partial charge in [-0.2, -0.15) is 4.31 Å². The van der Waals surface area contributed by atoms with Crippen LogP contribution in [0.5, 0.6) is 11.5 Å². The van der Waals surface area contributed by atoms with Gasteiger partial charge in [0.25, 0.3) is 5.91 Å². The lowest BCUT2D eigenvalue weighted by atomic mass is 10.1. The van der Waals surface area contributed by atoms with Gasteiger partial charge >= 0.3 is 0 Å². The van der Waals surface area contributed by atoms with Gasteiger partial charge in [0, 0.05) is 26.2 Å². The summed E-state index contributed by atoms with van der Waals surface area (Å²) in [6.45, 7) is 1.17. The maximum absolute atomic E-state index is 13.1. The van der Waals surface area contributed by atoms with Crippen LogP contribution in [-0.4, -0.2) is 63.9 Å². The third-order valence-corrected chi connectivity index (χ3v) is 7.76. The molecule has 0 saturated carbocycles. The number of methoxy groups -OCH3 is 2. The second-order valence-electron chi connectivity index (χ2n) is 7.52. The maximum atomic E-state index is 13.1. The second kappa shape index (κ2) is 8.28. The Morgan fingerprint density at radius 1 is 0.933 bits per heavy atom. The lowest BCUT2D eigenvalue weighted by molar-refractivity contribution is 0.0694. The van der Waals surface area contributed by atoms with Crippen molar-refractivity contribution in [3.63, 3.8) is 0 Å². The smallest absolute Gasteiger partial charge is 0.257 e. The first-order valence-corrected chi connectivity index (χ1v) is 11.5. The number of amides is 1. The molecular formula is C22H26N2O5S. The zero-order chi connectivity index (χ0) is 21.3. The van der Waals surface area contributed by atoms with E-state index in [0.717, 1.165) is 24.8 Å². The number of rotatable bonds is 5. The normalized spacial score (nSPS) is 16.9. The van der Waals surface area contributed by atoms with Crippen LogP contribution in [0.2, 0.25) is 0 Å². The molecule has 0 N–H and O–H groups in total. The van der Waals surface area contributed by atoms with Crippen LogP contribution in [0.25, 0.3) is 0 Å². The zero-order valence-corrected chi connectivity index (χ0v) is 18.1. The number of hydrogen-bond acceptors (Lipinski definition) is 5. The summed E-state index contributed by atoms with van der Waals surface area (Å²) in [6.07, 6.45) is 3.03. The molecule has 0 spiro atoms. The fraction of sp³-hybridized carbons (Fsp3) is 0.409. The van der Waals surface area contributed by atoms with E-state index in [1.54, 1.807) is 29.2 Å². The molecule has 1 fully saturated rings. The standard InChI is InChI=1S/C22H26N2O5S/c1-28-20-8-4-7-19(21(20)29-2)22(25)23-11-13-24(14-12-23)30(26,27)18-10-9-16-5-3-6-17(16)15-18/h4,7-10,15H,3,5-6,11-14H2,1-2H3. The molecule has 0 radical (unpaired) electrons. The van der Waals surface area contributed by atoms with Crippen molar-refractivity contribution in [3.8, 4) is 11.5 Å². The van der Waals surface area contributed by atoms with E-state index in [-0.39, 0.29) is 19.0 Å². The van der Waals surface area contributed by atoms with Crippen LogP contribution in [0.3, 0.4) is 0 Å². The highest BCUT2D eigenvalue weighted by Gasteiger charge is 2.32. The molecule has 0 aromatic heterocycles. The summed E-state index contributed by atoms with van der Waals surface area (Å²) in [5.41, 5.74) is 2.79. The van der Waals surface area contributed by atoms with Crippen LogP contribution in [0.15, 0.2) is 41.3 Å². The Labute approximate surface area is 177 Å². The first kappa shape index (κ1) is 20.7. The van der Waals surface area contributed by atoms with Crippen LogP contribution in [0, 0.1) is 0 Å². The number of fused-ring (bicyclic) bond motifs is 1. The third-order valence-electron chi connectivity index (χ3n) is 5.87. The Balaban J connectivity index is 1.48. The van der Waals surface area contributed by atoms with Crippen LogP contribution in [-0.2, 0) is 22.9 Å². The van der Waals surface area contributed by atoms with Gasteiger partial charge in [-0.25, -0.2) is 8.42 Å². The van der Waals surface area contributed by atoms with Crippen molar-refractivity contribution in [2.45, 2.75) is 24.2 Å². The largest absolute Gasteiger partial charge is 0.493 e. The Bertz CT molecular complexity index is 1060. The van der Waals surface area contributed by atoms with E-state index in [1.165, 1.54) is 24.1 Å². The predicted octanol–water partition coefficient (Wildman–Crippen LogP) is 2.34. The summed E-state index contributed by atoms with van der Waals surface area (Å²) in [7, 11) is -0.552. The highest BCUT2D eigenvalue weighted by molar-refractivity contribution is 7.89. The van der Waals surface area contributed by atoms with Crippen molar-refractivity contribution in [2.75, 3.05) is 40.4 Å². The summed E-state index contributed by atoms with van der Waals surface area (Å²) in [4.78, 5) is 15.0. The third kappa shape index (κ3) is 3.65. The van der Waals surface area contributed by atoms with Gasteiger partial charge in [0.05, 0.1) is 24.7 Å². The number of piperazine rings is 1. The van der Waals surface area contributed by atoms with Crippen molar-refractivity contribution in [3.05, 3.63) is 53.1 Å². The summed E-state index contributed by atoms with van der Waals surface area (Å²) < 4.78 is 38.3. The predicted molar refractivity (Wildman–Crippen MR) is 113 cm³/mol. The fourth-order valence-corrected chi connectivity index (χ4v) is 5.69. The number of hydrogen-bond donors (Lipinski definition) is 0. The molecule has 8 heteroatoms. The molecule has 0 atom stereocenters. The molecule has 2 aromatic carbocycles. The molecule has 2 aromatic rings. The SMILES string of the molecule is COc1cccc(C(=O)N2CCN(S(=O)(=O)c3ccc4c(c3)CCC4)CC2)c1OC. The average Bonchev–Trinajstić information content (AvgIpc) is 3.26. The number of ether oxygens (including phenoxy) is 2. The van der Waals surface area contributed by atoms with Crippen LogP contribution < -0.4 is 9.47 Å². The molecule has 4 rings (SSSR count). The van der Waals surface area contributed by atoms with Gasteiger partial charge in [-0.05, 0) is 54.7 Å². The first-order valence-electron chi connectivity index (χ1n) is 10.1. The number of carbonyl (C=O) groups excluding carboxylic acids is 1. The van der Waals surface area contributed by atoms with Crippen molar-refractivity contribution < 1.29 is 22.7 Å². The second-order valence-corrected chi connectivity index (χ2v) is 9.46. The Morgan fingerprint density at radius 2 is 1.67 bits per heavy atom. The van der Waals surface area contributed by atoms with E-state index >= 15 is 0 Å². The van der Waals surface area contributed by atoms with Crippen molar-refractivity contribution in [1.29, 1.82) is 0 Å². The van der Waals surface area contributed by atoms with Crippen molar-refractivity contribution in [1.82, 2.24) is 9.21 Å². The van der Waals surface area contributed by atoms with Gasteiger partial charge in [0.1, 0.15) is 0 Å². The quantitative estimate of drug-likeness (QED) is 0.728. The molecule has 2 aliphatic rings. The van der Waals surface area contributed by atoms with E-state index in [2.05, 4.69) is 0 Å². The lowest BCUT2D eigenvalue weighted by Crippen LogP contribution is -2.50. The highest BCUT2D eigenvalue weighted by Crippen LogP contribution is 2.32. The molecule has 30 heavy (non-hydrogen) atoms. The zero-order valence-electron chi connectivity index (χ0n) is 17.3. The van der Waals surface area contributed by atoms with Gasteiger partial charge in [-0.3, -0.25) is 4.79 Å². The number of carbonyl (C=O) groups is 1. The molecule has 7 nitrogen and oxygen atoms in total. The van der Waals surface area contributed by atoms with E-state index in [0.29, 0.717) is 35.0 Å². The minimum atomic E-state index is -3.57. The Morgan fingerprint density at radius 3 is 2.37 bits per heavy atom. The van der Waals surface area contributed by atoms with Gasteiger partial charge in [0.15, 0.2) is 11.5 Å². The molecule has 1 amide bonds. The molecular weight excluding hydrogens is 404 g/mol. The number of para-hydroxylation sites is 1. The number of nitrogens with zero attached hydrogens (tertiary/aromatic N) is 2. The van der Waals surface area contributed by atoms with Gasteiger partial charge in [-0.1, -0.05) is 12.1 Å². The summed E-state index contributed by atoms with van der Waals surface area (Å²) in [5, 5.41) is 0. The van der Waals surface area contributed by atoms with Crippen LogP contribution in [0.1, 0.15) is 27.9 Å². The molecule has 1 saturated heterocycles. The number of sulfonamides is 1. The molecule has 0 bridgehead atoms. The Kier molecular flexibility index (Phi) is 5.71. The molecule has 1 heterocycles. The summed E-state index contributed by atoms with van der Waals surface area (Å²) >= 11 is 0. The van der Waals surface area contributed by atoms with E-state index in [1.807, 2.05) is 12.1 Å². The molecule has 1 aliphatic heterocycles. The van der Waals surface area contributed by atoms with Crippen molar-refractivity contribution in [2.24, 2.45) is 0 Å². The first-order chi connectivity index (χ1) is 14.5. The van der Waals surface area contributed by atoms with Gasteiger partial charge < -0.3 is 14.4 Å². The van der Waals surface area contributed by atoms with Crippen LogP contribution in [0.4, 0.5) is 0 Å². The van der Waals surface area contributed by atoms with Crippen molar-refractivity contribution >= 4 is 15.9 Å². The van der Waals surface area contributed by atoms with Crippen LogP contribution >= 0.6 is 0 Å². The highest BCUT2D eigenvalue weighted by atomic mass is 32.2. The molecule has 0 unspecified atom stereocenters. The summed E-state index contributed by atoms with van der Waals surface area (Å²) in [6, 6.07) is 10.6. The number of benzene rings is 2. The minimum Gasteiger partial charge on any atom is -0.493 e. The van der Waals surface area contributed by atoms with Gasteiger partial charge in [-0.15, -0.1) is 0 Å². The fourth-order valence-electron chi connectivity index (χ4n) is 4.22. The maximum Gasteiger partial charge on any atom is 0.257 e. The minimum absolute atomic E-state index is 0.194. The lowest BCUT2D eigenvalue weighted by Gasteiger charge is -2.34. The molecule has 1 aliphatic carbocycles. The van der Waals surface area contributed by atoms with Gasteiger partial charge in [0.2, 0.25) is 10.0 Å². The summed E-state index contributed by atoms with van der Waals surface area (Å²) in [5.74, 6) is 0.680.